The summed E-state index contributed by atoms with van der Waals surface area (Å²) in [5, 5.41) is 11.2. The Morgan fingerprint density at radius 3 is 2.50 bits per heavy atom. The standard InChI is InChI=1S/C14H17NO3/c1-9(2)11-6-4-5-10(3)14(11)15-12(16)7-8-13(17)18/h4-9H,1-3H3,(H,15,16)(H,17,18). The van der Waals surface area contributed by atoms with Gasteiger partial charge in [0.25, 0.3) is 0 Å². The number of aliphatic carboxylic acids is 1. The number of amides is 1. The molecule has 0 aromatic heterocycles. The van der Waals surface area contributed by atoms with Gasteiger partial charge in [-0.2, -0.15) is 0 Å². The van der Waals surface area contributed by atoms with E-state index in [1.165, 1.54) is 0 Å². The Morgan fingerprint density at radius 2 is 1.94 bits per heavy atom. The molecular formula is C14H17NO3. The zero-order valence-electron chi connectivity index (χ0n) is 10.7. The molecule has 0 saturated heterocycles. The monoisotopic (exact) mass is 247 g/mol. The lowest BCUT2D eigenvalue weighted by molar-refractivity contribution is -0.131. The summed E-state index contributed by atoms with van der Waals surface area (Å²) in [6, 6.07) is 5.80. The van der Waals surface area contributed by atoms with E-state index in [1.54, 1.807) is 0 Å². The van der Waals surface area contributed by atoms with Crippen molar-refractivity contribution in [2.24, 2.45) is 0 Å². The summed E-state index contributed by atoms with van der Waals surface area (Å²) in [5.41, 5.74) is 2.75. The van der Waals surface area contributed by atoms with Crippen LogP contribution >= 0.6 is 0 Å². The number of para-hydroxylation sites is 1. The Balaban J connectivity index is 2.96. The number of carbonyl (C=O) groups is 2. The molecule has 2 N–H and O–H groups in total. The molecule has 0 spiro atoms. The van der Waals surface area contributed by atoms with Crippen molar-refractivity contribution < 1.29 is 14.7 Å². The normalized spacial score (nSPS) is 10.9. The van der Waals surface area contributed by atoms with Crippen molar-refractivity contribution in [3.63, 3.8) is 0 Å². The molecular weight excluding hydrogens is 230 g/mol. The van der Waals surface area contributed by atoms with Gasteiger partial charge in [-0.1, -0.05) is 32.0 Å². The maximum atomic E-state index is 11.6. The third-order valence-electron chi connectivity index (χ3n) is 2.55. The second kappa shape index (κ2) is 6.00. The van der Waals surface area contributed by atoms with E-state index in [4.69, 9.17) is 5.11 Å². The molecule has 1 amide bonds. The molecule has 0 aliphatic carbocycles. The smallest absolute Gasteiger partial charge is 0.328 e. The molecule has 0 aliphatic rings. The van der Waals surface area contributed by atoms with Gasteiger partial charge in [-0.15, -0.1) is 0 Å². The highest BCUT2D eigenvalue weighted by atomic mass is 16.4. The lowest BCUT2D eigenvalue weighted by atomic mass is 9.98. The number of carboxylic acids is 1. The van der Waals surface area contributed by atoms with Crippen molar-refractivity contribution >= 4 is 17.6 Å². The molecule has 0 aliphatic heterocycles. The Kier molecular flexibility index (Phi) is 4.66. The van der Waals surface area contributed by atoms with Gasteiger partial charge >= 0.3 is 5.97 Å². The lowest BCUT2D eigenvalue weighted by Gasteiger charge is -2.15. The topological polar surface area (TPSA) is 66.4 Å². The second-order valence-corrected chi connectivity index (χ2v) is 4.35. The highest BCUT2D eigenvalue weighted by Gasteiger charge is 2.10. The van der Waals surface area contributed by atoms with E-state index in [0.29, 0.717) is 0 Å². The van der Waals surface area contributed by atoms with Crippen molar-refractivity contribution in [3.05, 3.63) is 41.5 Å². The molecule has 0 radical (unpaired) electrons. The van der Waals surface area contributed by atoms with E-state index in [9.17, 15) is 9.59 Å². The average Bonchev–Trinajstić information content (AvgIpc) is 2.28. The van der Waals surface area contributed by atoms with Gasteiger partial charge < -0.3 is 10.4 Å². The minimum absolute atomic E-state index is 0.281. The molecule has 1 aromatic rings. The largest absolute Gasteiger partial charge is 0.478 e. The molecule has 0 bridgehead atoms. The predicted octanol–water partition coefficient (Wildman–Crippen LogP) is 2.70. The first kappa shape index (κ1) is 14.0. The predicted molar refractivity (Wildman–Crippen MR) is 70.7 cm³/mol. The number of carboxylic acid groups (broad SMARTS) is 1. The molecule has 0 saturated carbocycles. The van der Waals surface area contributed by atoms with E-state index in [1.807, 2.05) is 39.0 Å². The van der Waals surface area contributed by atoms with Crippen LogP contribution < -0.4 is 5.32 Å². The first-order chi connectivity index (χ1) is 8.41. The van der Waals surface area contributed by atoms with Crippen molar-refractivity contribution in [1.82, 2.24) is 0 Å². The summed E-state index contributed by atoms with van der Waals surface area (Å²) in [4.78, 5) is 21.9. The zero-order chi connectivity index (χ0) is 13.7. The van der Waals surface area contributed by atoms with Gasteiger partial charge in [0.2, 0.25) is 5.91 Å². The third kappa shape index (κ3) is 3.73. The van der Waals surface area contributed by atoms with E-state index in [2.05, 4.69) is 5.32 Å². The van der Waals surface area contributed by atoms with Crippen molar-refractivity contribution in [1.29, 1.82) is 0 Å². The quantitative estimate of drug-likeness (QED) is 0.804. The van der Waals surface area contributed by atoms with Gasteiger partial charge in [-0.05, 0) is 24.0 Å². The second-order valence-electron chi connectivity index (χ2n) is 4.35. The first-order valence-electron chi connectivity index (χ1n) is 5.73. The van der Waals surface area contributed by atoms with Gasteiger partial charge in [0, 0.05) is 17.8 Å². The van der Waals surface area contributed by atoms with Crippen LogP contribution in [0.1, 0.15) is 30.9 Å². The van der Waals surface area contributed by atoms with Crippen LogP contribution in [-0.2, 0) is 9.59 Å². The van der Waals surface area contributed by atoms with Crippen LogP contribution in [0, 0.1) is 6.92 Å². The number of benzene rings is 1. The molecule has 1 aromatic carbocycles. The molecule has 96 valence electrons. The summed E-state index contributed by atoms with van der Waals surface area (Å²) in [5.74, 6) is -1.30. The number of carbonyl (C=O) groups excluding carboxylic acids is 1. The summed E-state index contributed by atoms with van der Waals surface area (Å²) < 4.78 is 0. The summed E-state index contributed by atoms with van der Waals surface area (Å²) in [6.45, 7) is 5.98. The fourth-order valence-electron chi connectivity index (χ4n) is 1.65. The van der Waals surface area contributed by atoms with E-state index >= 15 is 0 Å². The van der Waals surface area contributed by atoms with Gasteiger partial charge in [0.1, 0.15) is 0 Å². The van der Waals surface area contributed by atoms with Gasteiger partial charge in [0.05, 0.1) is 0 Å². The van der Waals surface area contributed by atoms with Crippen molar-refractivity contribution in [2.45, 2.75) is 26.7 Å². The molecule has 0 unspecified atom stereocenters. The van der Waals surface area contributed by atoms with Gasteiger partial charge in [-0.3, -0.25) is 4.79 Å². The van der Waals surface area contributed by atoms with Crippen molar-refractivity contribution in [2.75, 3.05) is 5.32 Å². The minimum Gasteiger partial charge on any atom is -0.478 e. The van der Waals surface area contributed by atoms with Gasteiger partial charge in [0.15, 0.2) is 0 Å². The van der Waals surface area contributed by atoms with Crippen molar-refractivity contribution in [3.8, 4) is 0 Å². The minimum atomic E-state index is -1.14. The summed E-state index contributed by atoms with van der Waals surface area (Å²) in [6.07, 6.45) is 1.83. The fourth-order valence-corrected chi connectivity index (χ4v) is 1.65. The zero-order valence-corrected chi connectivity index (χ0v) is 10.7. The molecule has 18 heavy (non-hydrogen) atoms. The van der Waals surface area contributed by atoms with Crippen LogP contribution in [0.25, 0.3) is 0 Å². The first-order valence-corrected chi connectivity index (χ1v) is 5.73. The summed E-state index contributed by atoms with van der Waals surface area (Å²) >= 11 is 0. The molecule has 4 heteroatoms. The molecule has 1 rings (SSSR count). The molecule has 0 atom stereocenters. The number of hydrogen-bond donors (Lipinski definition) is 2. The number of hydrogen-bond acceptors (Lipinski definition) is 2. The fraction of sp³-hybridized carbons (Fsp3) is 0.286. The van der Waals surface area contributed by atoms with Crippen LogP contribution in [0.15, 0.2) is 30.4 Å². The molecule has 0 fully saturated rings. The van der Waals surface area contributed by atoms with Crippen LogP contribution in [0.5, 0.6) is 0 Å². The average molecular weight is 247 g/mol. The summed E-state index contributed by atoms with van der Waals surface area (Å²) in [7, 11) is 0. The maximum Gasteiger partial charge on any atom is 0.328 e. The molecule has 0 heterocycles. The van der Waals surface area contributed by atoms with E-state index in [-0.39, 0.29) is 5.92 Å². The number of anilines is 1. The Labute approximate surface area is 106 Å². The Hall–Kier alpha value is -2.10. The number of nitrogens with one attached hydrogen (secondary N) is 1. The highest BCUT2D eigenvalue weighted by molar-refractivity contribution is 6.03. The Bertz CT molecular complexity index is 490. The number of aryl methyl sites for hydroxylation is 1. The van der Waals surface area contributed by atoms with E-state index < -0.39 is 11.9 Å². The highest BCUT2D eigenvalue weighted by Crippen LogP contribution is 2.27. The van der Waals surface area contributed by atoms with Crippen LogP contribution in [0.4, 0.5) is 5.69 Å². The maximum absolute atomic E-state index is 11.6. The van der Waals surface area contributed by atoms with Crippen LogP contribution in [-0.4, -0.2) is 17.0 Å². The van der Waals surface area contributed by atoms with Gasteiger partial charge in [-0.25, -0.2) is 4.79 Å². The molecule has 4 nitrogen and oxygen atoms in total. The SMILES string of the molecule is Cc1cccc(C(C)C)c1NC(=O)C=CC(=O)O. The van der Waals surface area contributed by atoms with E-state index in [0.717, 1.165) is 29.0 Å². The third-order valence-corrected chi connectivity index (χ3v) is 2.55. The Morgan fingerprint density at radius 1 is 1.28 bits per heavy atom. The number of rotatable bonds is 4. The van der Waals surface area contributed by atoms with Crippen LogP contribution in [0.2, 0.25) is 0 Å². The lowest BCUT2D eigenvalue weighted by Crippen LogP contribution is -2.12. The van der Waals surface area contributed by atoms with Crippen LogP contribution in [0.3, 0.4) is 0 Å².